The molecule has 6 nitrogen and oxygen atoms in total. The van der Waals surface area contributed by atoms with Crippen LogP contribution in [0.3, 0.4) is 0 Å². The third-order valence-electron chi connectivity index (χ3n) is 5.28. The van der Waals surface area contributed by atoms with Gasteiger partial charge < -0.3 is 4.74 Å². The fraction of sp³-hybridized carbons (Fsp3) is 0.200. The number of sulfone groups is 1. The number of fused-ring (bicyclic) bond motifs is 1. The van der Waals surface area contributed by atoms with Gasteiger partial charge in [0.2, 0.25) is 5.91 Å². The fourth-order valence-corrected chi connectivity index (χ4v) is 6.32. The summed E-state index contributed by atoms with van der Waals surface area (Å²) in [5.74, 6) is 0.317. The van der Waals surface area contributed by atoms with Crippen LogP contribution in [0.25, 0.3) is 10.2 Å². The normalized spacial score (nSPS) is 11.5. The maximum Gasteiger partial charge on any atom is 0.229 e. The number of nitrogens with zero attached hydrogens (tertiary/aromatic N) is 2. The van der Waals surface area contributed by atoms with Crippen molar-refractivity contribution in [1.29, 1.82) is 0 Å². The molecule has 1 heterocycles. The summed E-state index contributed by atoms with van der Waals surface area (Å²) in [6.45, 7) is 0.367. The Morgan fingerprint density at radius 1 is 1.06 bits per heavy atom. The number of hydrogen-bond acceptors (Lipinski definition) is 6. The van der Waals surface area contributed by atoms with Crippen LogP contribution < -0.4 is 9.64 Å². The van der Waals surface area contributed by atoms with Crippen LogP contribution in [0, 0.1) is 0 Å². The molecule has 0 aliphatic rings. The lowest BCUT2D eigenvalue weighted by Gasteiger charge is -2.20. The predicted molar refractivity (Wildman–Crippen MR) is 139 cm³/mol. The summed E-state index contributed by atoms with van der Waals surface area (Å²) in [6, 6.07) is 21.8. The highest BCUT2D eigenvalue weighted by Crippen LogP contribution is 2.32. The van der Waals surface area contributed by atoms with Gasteiger partial charge >= 0.3 is 0 Å². The Morgan fingerprint density at radius 3 is 2.50 bits per heavy atom. The summed E-state index contributed by atoms with van der Waals surface area (Å²) in [5.41, 5.74) is 1.79. The number of rotatable bonds is 9. The first-order chi connectivity index (χ1) is 16.4. The smallest absolute Gasteiger partial charge is 0.229 e. The lowest BCUT2D eigenvalue weighted by Crippen LogP contribution is -2.30. The minimum atomic E-state index is -3.50. The number of thiazole rings is 1. The number of methoxy groups -OCH3 is 1. The van der Waals surface area contributed by atoms with Gasteiger partial charge in [0.1, 0.15) is 5.75 Å². The predicted octanol–water partition coefficient (Wildman–Crippen LogP) is 5.85. The maximum absolute atomic E-state index is 13.3. The van der Waals surface area contributed by atoms with Crippen molar-refractivity contribution in [2.45, 2.75) is 24.3 Å². The molecule has 0 fully saturated rings. The fourth-order valence-electron chi connectivity index (χ4n) is 3.48. The first kappa shape index (κ1) is 24.4. The molecule has 0 radical (unpaired) electrons. The highest BCUT2D eigenvalue weighted by Gasteiger charge is 2.22. The van der Waals surface area contributed by atoms with Crippen molar-refractivity contribution in [1.82, 2.24) is 4.98 Å². The minimum Gasteiger partial charge on any atom is -0.497 e. The van der Waals surface area contributed by atoms with E-state index in [4.69, 9.17) is 4.74 Å². The van der Waals surface area contributed by atoms with Crippen molar-refractivity contribution in [3.05, 3.63) is 82.8 Å². The van der Waals surface area contributed by atoms with E-state index in [9.17, 15) is 13.2 Å². The zero-order chi connectivity index (χ0) is 24.1. The summed E-state index contributed by atoms with van der Waals surface area (Å²) < 4.78 is 32.4. The van der Waals surface area contributed by atoms with Gasteiger partial charge in [0.05, 0.1) is 34.5 Å². The first-order valence-electron chi connectivity index (χ1n) is 10.6. The second-order valence-corrected chi connectivity index (χ2v) is 11.7. The van der Waals surface area contributed by atoms with Gasteiger partial charge in [-0.05, 0) is 54.4 Å². The number of aromatic nitrogens is 1. The maximum atomic E-state index is 13.3. The van der Waals surface area contributed by atoms with Gasteiger partial charge in [0, 0.05) is 10.9 Å². The van der Waals surface area contributed by atoms with E-state index in [2.05, 4.69) is 20.9 Å². The van der Waals surface area contributed by atoms with Crippen LogP contribution in [0.1, 0.15) is 18.4 Å². The van der Waals surface area contributed by atoms with E-state index in [1.54, 1.807) is 17.0 Å². The molecule has 0 aliphatic heterocycles. The zero-order valence-corrected chi connectivity index (χ0v) is 21.7. The van der Waals surface area contributed by atoms with Crippen LogP contribution in [0.2, 0.25) is 0 Å². The molecule has 0 saturated heterocycles. The number of benzene rings is 3. The molecule has 4 rings (SSSR count). The number of amides is 1. The number of carbonyl (C=O) groups is 1. The number of ether oxygens (including phenoxy) is 1. The number of hydrogen-bond donors (Lipinski definition) is 0. The van der Waals surface area contributed by atoms with Crippen molar-refractivity contribution in [3.8, 4) is 5.75 Å². The van der Waals surface area contributed by atoms with Gasteiger partial charge in [-0.1, -0.05) is 57.6 Å². The summed E-state index contributed by atoms with van der Waals surface area (Å²) in [6.07, 6.45) is 0.316. The molecule has 9 heteroatoms. The van der Waals surface area contributed by atoms with E-state index >= 15 is 0 Å². The Hall–Kier alpha value is -2.75. The number of anilines is 1. The third-order valence-corrected chi connectivity index (χ3v) is 8.63. The third kappa shape index (κ3) is 5.84. The molecule has 0 spiro atoms. The van der Waals surface area contributed by atoms with Crippen LogP contribution in [0.5, 0.6) is 5.75 Å². The highest BCUT2D eigenvalue weighted by atomic mass is 79.9. The van der Waals surface area contributed by atoms with Crippen LogP contribution >= 0.6 is 27.3 Å². The molecule has 1 aromatic heterocycles. The molecule has 0 unspecified atom stereocenters. The van der Waals surface area contributed by atoms with Crippen molar-refractivity contribution in [2.24, 2.45) is 0 Å². The first-order valence-corrected chi connectivity index (χ1v) is 13.9. The molecule has 0 aliphatic carbocycles. The molecule has 4 aromatic rings. The van der Waals surface area contributed by atoms with Gasteiger partial charge in [-0.15, -0.1) is 0 Å². The molecule has 34 heavy (non-hydrogen) atoms. The lowest BCUT2D eigenvalue weighted by molar-refractivity contribution is -0.118. The van der Waals surface area contributed by atoms with Gasteiger partial charge in [-0.2, -0.15) is 0 Å². The van der Waals surface area contributed by atoms with Crippen molar-refractivity contribution >= 4 is 58.4 Å². The van der Waals surface area contributed by atoms with Crippen molar-refractivity contribution in [2.75, 3.05) is 17.8 Å². The Labute approximate surface area is 211 Å². The van der Waals surface area contributed by atoms with Gasteiger partial charge in [-0.3, -0.25) is 9.69 Å². The standard InChI is InChI=1S/C25H23BrN2O4S2/c1-32-20-10-12-21(13-11-20)34(30,31)15-5-8-24(29)28(17-18-6-3-2-4-7-18)25-27-22-14-9-19(26)16-23(22)33-25/h2-4,6-7,9-14,16H,5,8,15,17H2,1H3. The number of carbonyl (C=O) groups excluding carboxylic acids is 1. The Morgan fingerprint density at radius 2 is 1.79 bits per heavy atom. The molecular formula is C25H23BrN2O4S2. The molecular weight excluding hydrogens is 536 g/mol. The van der Waals surface area contributed by atoms with E-state index in [1.165, 1.54) is 30.6 Å². The van der Waals surface area contributed by atoms with Crippen LogP contribution in [-0.2, 0) is 21.2 Å². The summed E-state index contributed by atoms with van der Waals surface area (Å²) in [5, 5.41) is 0.597. The average molecular weight is 560 g/mol. The summed E-state index contributed by atoms with van der Waals surface area (Å²) >= 11 is 4.92. The lowest BCUT2D eigenvalue weighted by atomic mass is 10.2. The zero-order valence-electron chi connectivity index (χ0n) is 18.5. The monoisotopic (exact) mass is 558 g/mol. The van der Waals surface area contributed by atoms with E-state index < -0.39 is 9.84 Å². The van der Waals surface area contributed by atoms with Gasteiger partial charge in [0.15, 0.2) is 15.0 Å². The molecule has 176 valence electrons. The molecule has 0 saturated carbocycles. The topological polar surface area (TPSA) is 76.6 Å². The molecule has 0 atom stereocenters. The van der Waals surface area contributed by atoms with E-state index in [1.807, 2.05) is 48.5 Å². The van der Waals surface area contributed by atoms with Crippen LogP contribution in [-0.4, -0.2) is 32.2 Å². The van der Waals surface area contributed by atoms with Crippen molar-refractivity contribution < 1.29 is 17.9 Å². The highest BCUT2D eigenvalue weighted by molar-refractivity contribution is 9.10. The largest absolute Gasteiger partial charge is 0.497 e. The molecule has 1 amide bonds. The molecule has 3 aromatic carbocycles. The molecule has 0 bridgehead atoms. The van der Waals surface area contributed by atoms with E-state index in [0.717, 1.165) is 20.3 Å². The van der Waals surface area contributed by atoms with Gasteiger partial charge in [0.25, 0.3) is 0 Å². The second kappa shape index (κ2) is 10.7. The minimum absolute atomic E-state index is 0.0990. The second-order valence-electron chi connectivity index (χ2n) is 7.67. The van der Waals surface area contributed by atoms with Gasteiger partial charge in [-0.25, -0.2) is 13.4 Å². The Bertz CT molecular complexity index is 1390. The average Bonchev–Trinajstić information content (AvgIpc) is 3.25. The molecule has 0 N–H and O–H groups in total. The Balaban J connectivity index is 1.50. The van der Waals surface area contributed by atoms with E-state index in [-0.39, 0.29) is 29.4 Å². The summed E-state index contributed by atoms with van der Waals surface area (Å²) in [7, 11) is -1.97. The Kier molecular flexibility index (Phi) is 7.65. The quantitative estimate of drug-likeness (QED) is 0.257. The van der Waals surface area contributed by atoms with E-state index in [0.29, 0.717) is 17.4 Å². The van der Waals surface area contributed by atoms with Crippen LogP contribution in [0.4, 0.5) is 5.13 Å². The van der Waals surface area contributed by atoms with Crippen LogP contribution in [0.15, 0.2) is 82.2 Å². The SMILES string of the molecule is COc1ccc(S(=O)(=O)CCCC(=O)N(Cc2ccccc2)c2nc3ccc(Br)cc3s2)cc1. The number of halogens is 1. The van der Waals surface area contributed by atoms with Crippen molar-refractivity contribution in [3.63, 3.8) is 0 Å². The summed E-state index contributed by atoms with van der Waals surface area (Å²) in [4.78, 5) is 19.8.